The molecule has 1 aromatic carbocycles. The predicted octanol–water partition coefficient (Wildman–Crippen LogP) is 11.2. The van der Waals surface area contributed by atoms with Crippen molar-refractivity contribution in [2.45, 2.75) is 250 Å². The first-order chi connectivity index (χ1) is 57.8. The van der Waals surface area contributed by atoms with Crippen LogP contribution >= 0.6 is 0 Å². The number of carbonyl (C=O) groups excluding carboxylic acids is 6. The van der Waals surface area contributed by atoms with Gasteiger partial charge in [-0.15, -0.1) is 0 Å². The first-order valence-electron chi connectivity index (χ1n) is 43.8. The van der Waals surface area contributed by atoms with Gasteiger partial charge in [0.1, 0.15) is 59.6 Å². The third kappa shape index (κ3) is 28.0. The number of allylic oxidation sites excluding steroid dienone is 5. The van der Waals surface area contributed by atoms with Crippen molar-refractivity contribution in [1.29, 1.82) is 0 Å². The SMILES string of the molecule is CO[C@H]1C[C@@H]2CC[C@@H](C)[C@@](O)(O2)C(=O)C(=O)N2CCCC[C@H]2C(=O)O[C@H]([C@H](C)C[C@@H]2CC[C@@H](OC(=O)CCCOCCOCCOCCOCCOCCOCCOCCCC(=O)C3CCC(c4nc(-c5cc6cccc(C)c6[nH]5)c5c(N)ncnn45)CC3)[C@H](OC)C2)C[C@@H](O)[C@H](C)/C=C(\C)[C@@H](O)[C@@H](OC)C(=O)[C@H](C)C[C@H](C)/C=C/C=C/C=C/1C. The van der Waals surface area contributed by atoms with Crippen LogP contribution in [0.4, 0.5) is 5.82 Å². The standard InChI is InChI=1S/C91H137N7O22/c1-58-20-13-12-14-21-59(2)76(108-9)55-70-33-27-65(8)91(107,120-70)86(104)89(105)97-35-16-15-24-72(97)90(106)119-77(56-74(100)61(4)51-64(7)84(103)85(110-11)83(102)63(6)50-58)62(5)52-66-28-34-75(78(53-66)109-10)118-79(101)26-19-37-112-39-41-114-43-45-116-47-49-117-48-46-115-44-42-113-40-38-111-36-18-25-73(99)67-29-31-68(32-30-67)88-96-81(82-87(92)93-57-94-98(82)88)71-54-69-23-17-22-60(3)80(69)95-71/h12-14,17,20-23,51,54,57-58,61-63,65-68,70,72,74-78,84-85,95,100,103,107H,15-16,18-19,24-50,52-53,55-56H2,1-11H3,(H2,92,93,94)/b14-12+,20-13+,59-21+,64-51+/t58-,61-,62-,63-,65-,66+,67?,68?,70+,72+,74-,75-,76+,77+,78-,84-,85+,91-/m1/s1. The van der Waals surface area contributed by atoms with Crippen molar-refractivity contribution in [3.05, 3.63) is 89.6 Å². The summed E-state index contributed by atoms with van der Waals surface area (Å²) >= 11 is 0. The predicted molar refractivity (Wildman–Crippen MR) is 451 cm³/mol. The van der Waals surface area contributed by atoms with Crippen LogP contribution in [-0.2, 0) is 90.3 Å². The van der Waals surface area contributed by atoms with E-state index in [1.54, 1.807) is 41.1 Å². The van der Waals surface area contributed by atoms with Crippen molar-refractivity contribution in [2.75, 3.05) is 126 Å². The number of carbonyl (C=O) groups is 6. The summed E-state index contributed by atoms with van der Waals surface area (Å²) < 4.78 is 77.7. The van der Waals surface area contributed by atoms with Crippen molar-refractivity contribution in [3.63, 3.8) is 0 Å². The number of para-hydroxylation sites is 1. The average molecular weight is 1680 g/mol. The normalized spacial score (nSPS) is 30.0. The van der Waals surface area contributed by atoms with E-state index >= 15 is 0 Å². The van der Waals surface area contributed by atoms with Gasteiger partial charge in [-0.25, -0.2) is 19.3 Å². The topological polar surface area (TPSA) is 371 Å². The maximum Gasteiger partial charge on any atom is 0.329 e. The van der Waals surface area contributed by atoms with Crippen LogP contribution in [0.2, 0.25) is 0 Å². The number of amides is 1. The third-order valence-corrected chi connectivity index (χ3v) is 24.7. The minimum absolute atomic E-state index is 0.00302. The Bertz CT molecular complexity index is 4000. The summed E-state index contributed by atoms with van der Waals surface area (Å²) in [6, 6.07) is 7.11. The highest BCUT2D eigenvalue weighted by molar-refractivity contribution is 6.39. The molecular formula is C91H137N7O22. The smallest absolute Gasteiger partial charge is 0.329 e. The molecule has 0 spiro atoms. The fraction of sp³-hybridized carbons (Fsp3) is 0.703. The van der Waals surface area contributed by atoms with E-state index in [0.29, 0.717) is 193 Å². The van der Waals surface area contributed by atoms with Crippen LogP contribution in [0.5, 0.6) is 0 Å². The molecule has 6 heterocycles. The van der Waals surface area contributed by atoms with Crippen LogP contribution in [0.1, 0.15) is 194 Å². The number of H-pyrrole nitrogens is 1. The number of piperidine rings is 1. The molecule has 3 aliphatic heterocycles. The van der Waals surface area contributed by atoms with Gasteiger partial charge in [0.05, 0.1) is 109 Å². The van der Waals surface area contributed by atoms with Crippen molar-refractivity contribution in [2.24, 2.45) is 41.4 Å². The number of benzene rings is 1. The number of Topliss-reactive ketones (excluding diaryl/α,β-unsaturated/α-hetero) is 3. The van der Waals surface area contributed by atoms with Crippen molar-refractivity contribution >= 4 is 57.4 Å². The number of nitrogens with two attached hydrogens (primary N) is 1. The lowest BCUT2D eigenvalue weighted by Crippen LogP contribution is -2.61. The van der Waals surface area contributed by atoms with Crippen molar-refractivity contribution in [3.8, 4) is 11.4 Å². The largest absolute Gasteiger partial charge is 0.460 e. The molecule has 0 radical (unpaired) electrons. The first-order valence-corrected chi connectivity index (χ1v) is 43.8. The van der Waals surface area contributed by atoms with Crippen LogP contribution < -0.4 is 5.73 Å². The quantitative estimate of drug-likeness (QED) is 0.0122. The van der Waals surface area contributed by atoms with Gasteiger partial charge >= 0.3 is 11.9 Å². The zero-order valence-corrected chi connectivity index (χ0v) is 72.8. The highest BCUT2D eigenvalue weighted by Crippen LogP contribution is 2.42. The molecule has 9 rings (SSSR count). The summed E-state index contributed by atoms with van der Waals surface area (Å²) in [5, 5.41) is 41.6. The summed E-state index contributed by atoms with van der Waals surface area (Å²) in [6.45, 7) is 20.7. The molecule has 16 atom stereocenters. The van der Waals surface area contributed by atoms with Crippen LogP contribution in [0, 0.1) is 48.3 Å². The molecule has 29 heteroatoms. The maximum absolute atomic E-state index is 14.8. The van der Waals surface area contributed by atoms with E-state index in [9.17, 15) is 44.1 Å². The highest BCUT2D eigenvalue weighted by Gasteiger charge is 2.53. The Kier molecular flexibility index (Phi) is 39.9. The Morgan fingerprint density at radius 3 is 1.99 bits per heavy atom. The molecule has 2 saturated heterocycles. The molecule has 2 bridgehead atoms. The molecule has 29 nitrogen and oxygen atoms in total. The second-order valence-corrected chi connectivity index (χ2v) is 33.7. The van der Waals surface area contributed by atoms with Gasteiger partial charge in [-0.1, -0.05) is 89.3 Å². The van der Waals surface area contributed by atoms with Gasteiger partial charge < -0.3 is 92.5 Å². The van der Waals surface area contributed by atoms with Crippen molar-refractivity contribution in [1.82, 2.24) is 29.5 Å². The minimum atomic E-state index is -2.47. The lowest BCUT2D eigenvalue weighted by Gasteiger charge is -2.43. The van der Waals surface area contributed by atoms with E-state index in [1.807, 2.05) is 68.7 Å². The number of fused-ring (bicyclic) bond motifs is 5. The summed E-state index contributed by atoms with van der Waals surface area (Å²) in [6.07, 6.45) is 16.4. The number of aryl methyl sites for hydroxylation is 1. The number of ketones is 3. The third-order valence-electron chi connectivity index (χ3n) is 24.7. The van der Waals surface area contributed by atoms with E-state index in [0.717, 1.165) is 64.9 Å². The van der Waals surface area contributed by atoms with Gasteiger partial charge in [-0.2, -0.15) is 5.10 Å². The average Bonchev–Trinajstić information content (AvgIpc) is 1.56. The van der Waals surface area contributed by atoms with E-state index in [1.165, 1.54) is 18.3 Å². The number of nitrogens with zero attached hydrogens (tertiary/aromatic N) is 5. The zero-order chi connectivity index (χ0) is 86.3. The van der Waals surface area contributed by atoms with E-state index < -0.39 is 96.1 Å². The number of imidazole rings is 1. The van der Waals surface area contributed by atoms with E-state index in [4.69, 9.17) is 72.3 Å². The number of nitrogens with one attached hydrogen (secondary N) is 1. The fourth-order valence-electron chi connectivity index (χ4n) is 17.4. The van der Waals surface area contributed by atoms with Crippen LogP contribution in [0.25, 0.3) is 27.8 Å². The Balaban J connectivity index is 0.617. The fourth-order valence-corrected chi connectivity index (χ4v) is 17.4. The molecule has 668 valence electrons. The molecule has 2 saturated carbocycles. The number of cyclic esters (lactones) is 1. The molecule has 6 N–H and O–H groups in total. The number of rotatable bonds is 36. The number of nitrogen functional groups attached to an aromatic ring is 1. The number of aliphatic hydroxyl groups is 3. The number of methoxy groups -OCH3 is 3. The second-order valence-electron chi connectivity index (χ2n) is 33.7. The maximum atomic E-state index is 14.8. The minimum Gasteiger partial charge on any atom is -0.460 e. The molecular weight excluding hydrogens is 1540 g/mol. The Hall–Kier alpha value is -7.07. The van der Waals surface area contributed by atoms with Crippen LogP contribution in [-0.4, -0.2) is 261 Å². The summed E-state index contributed by atoms with van der Waals surface area (Å²) in [7, 11) is 4.55. The first kappa shape index (κ1) is 96.7. The molecule has 2 aliphatic carbocycles. The second kappa shape index (κ2) is 49.4. The molecule has 4 fully saturated rings. The summed E-state index contributed by atoms with van der Waals surface area (Å²) in [4.78, 5) is 98.3. The lowest BCUT2D eigenvalue weighted by atomic mass is 9.78. The molecule has 1 amide bonds. The van der Waals surface area contributed by atoms with Gasteiger partial charge in [0.25, 0.3) is 11.7 Å². The Morgan fingerprint density at radius 1 is 0.708 bits per heavy atom. The van der Waals surface area contributed by atoms with Gasteiger partial charge in [0, 0.05) is 107 Å². The molecule has 120 heavy (non-hydrogen) atoms. The number of aliphatic hydroxyl groups excluding tert-OH is 2. The number of aromatic nitrogens is 5. The van der Waals surface area contributed by atoms with Crippen molar-refractivity contribution < 1.29 is 106 Å². The monoisotopic (exact) mass is 1680 g/mol. The van der Waals surface area contributed by atoms with Crippen LogP contribution in [0.15, 0.2) is 78.2 Å². The van der Waals surface area contributed by atoms with Gasteiger partial charge in [0.15, 0.2) is 11.6 Å². The van der Waals surface area contributed by atoms with Gasteiger partial charge in [-0.05, 0) is 164 Å². The number of hydrogen-bond donors (Lipinski definition) is 5. The van der Waals surface area contributed by atoms with Crippen LogP contribution in [0.3, 0.4) is 0 Å². The van der Waals surface area contributed by atoms with Gasteiger partial charge in [-0.3, -0.25) is 24.0 Å². The number of anilines is 1. The summed E-state index contributed by atoms with van der Waals surface area (Å²) in [5.41, 5.74) is 12.2. The van der Waals surface area contributed by atoms with E-state index in [-0.39, 0.29) is 72.9 Å². The van der Waals surface area contributed by atoms with E-state index in [2.05, 4.69) is 40.2 Å². The lowest BCUT2D eigenvalue weighted by molar-refractivity contribution is -0.265. The summed E-state index contributed by atoms with van der Waals surface area (Å²) in [5.74, 6) is -6.50. The molecule has 5 aliphatic rings. The zero-order valence-electron chi connectivity index (χ0n) is 72.8. The van der Waals surface area contributed by atoms with Gasteiger partial charge in [0.2, 0.25) is 5.79 Å². The Morgan fingerprint density at radius 2 is 1.36 bits per heavy atom. The highest BCUT2D eigenvalue weighted by atomic mass is 16.6. The molecule has 4 aromatic rings. The molecule has 3 aromatic heterocycles. The number of ether oxygens (including phenoxy) is 13. The number of aromatic amines is 1. The number of esters is 2. The number of hydrogen-bond acceptors (Lipinski definition) is 26. The Labute approximate surface area is 708 Å². The molecule has 0 unspecified atom stereocenters.